The van der Waals surface area contributed by atoms with Gasteiger partial charge in [-0.2, -0.15) is 0 Å². The number of rotatable bonds is 7. The van der Waals surface area contributed by atoms with E-state index in [-0.39, 0.29) is 41.4 Å². The van der Waals surface area contributed by atoms with Gasteiger partial charge in [0, 0.05) is 30.6 Å². The summed E-state index contributed by atoms with van der Waals surface area (Å²) in [6.07, 6.45) is 1.05. The van der Waals surface area contributed by atoms with Gasteiger partial charge in [-0.1, -0.05) is 43.3 Å². The van der Waals surface area contributed by atoms with Crippen LogP contribution in [0.25, 0.3) is 22.3 Å². The third-order valence-electron chi connectivity index (χ3n) is 4.64. The Morgan fingerprint density at radius 1 is 0.966 bits per heavy atom. The largest absolute Gasteiger partial charge is 0.455 e. The molecule has 0 spiro atoms. The lowest BCUT2D eigenvalue weighted by atomic mass is 10.0. The number of hydrogen-bond acceptors (Lipinski definition) is 4. The molecule has 150 valence electrons. The Morgan fingerprint density at radius 2 is 1.72 bits per heavy atom. The van der Waals surface area contributed by atoms with Crippen LogP contribution in [0.1, 0.15) is 35.7 Å². The zero-order chi connectivity index (χ0) is 20.8. The summed E-state index contributed by atoms with van der Waals surface area (Å²) in [5.74, 6) is -0.0502. The summed E-state index contributed by atoms with van der Waals surface area (Å²) < 4.78 is 6.05. The van der Waals surface area contributed by atoms with Crippen LogP contribution >= 0.6 is 0 Å². The summed E-state index contributed by atoms with van der Waals surface area (Å²) in [6, 6.07) is 14.2. The van der Waals surface area contributed by atoms with Gasteiger partial charge < -0.3 is 15.1 Å². The number of carbonyl (C=O) groups excluding carboxylic acids is 2. The molecule has 0 aliphatic carbocycles. The van der Waals surface area contributed by atoms with E-state index in [1.54, 1.807) is 25.1 Å². The summed E-state index contributed by atoms with van der Waals surface area (Å²) in [4.78, 5) is 37.2. The van der Waals surface area contributed by atoms with Crippen molar-refractivity contribution >= 4 is 22.8 Å². The molecule has 1 aromatic heterocycles. The van der Waals surface area contributed by atoms with Crippen LogP contribution in [0, 0.1) is 6.92 Å². The highest BCUT2D eigenvalue weighted by Gasteiger charge is 2.18. The van der Waals surface area contributed by atoms with E-state index in [0.717, 1.165) is 12.0 Å². The molecule has 2 amide bonds. The Kier molecular flexibility index (Phi) is 6.44. The molecule has 0 saturated carbocycles. The van der Waals surface area contributed by atoms with Crippen molar-refractivity contribution < 1.29 is 14.0 Å². The highest BCUT2D eigenvalue weighted by Crippen LogP contribution is 2.27. The molecule has 1 heterocycles. The molecule has 0 bridgehead atoms. The van der Waals surface area contributed by atoms with Crippen LogP contribution in [0.3, 0.4) is 0 Å². The Balaban J connectivity index is 1.91. The lowest BCUT2D eigenvalue weighted by molar-refractivity contribution is -0.120. The van der Waals surface area contributed by atoms with Gasteiger partial charge in [-0.15, -0.1) is 0 Å². The number of amides is 2. The van der Waals surface area contributed by atoms with Crippen molar-refractivity contribution in [3.8, 4) is 11.3 Å². The first kappa shape index (κ1) is 20.3. The molecule has 6 nitrogen and oxygen atoms in total. The van der Waals surface area contributed by atoms with Crippen molar-refractivity contribution in [2.24, 2.45) is 0 Å². The van der Waals surface area contributed by atoms with Gasteiger partial charge in [-0.25, -0.2) is 0 Å². The summed E-state index contributed by atoms with van der Waals surface area (Å²) >= 11 is 0. The van der Waals surface area contributed by atoms with E-state index in [9.17, 15) is 14.4 Å². The maximum Gasteiger partial charge on any atom is 0.255 e. The smallest absolute Gasteiger partial charge is 0.255 e. The van der Waals surface area contributed by atoms with Crippen LogP contribution < -0.4 is 16.1 Å². The molecule has 0 unspecified atom stereocenters. The first-order valence-electron chi connectivity index (χ1n) is 9.69. The molecule has 0 aliphatic rings. The molecular formula is C23H24N2O4. The maximum atomic E-state index is 12.9. The van der Waals surface area contributed by atoms with E-state index in [1.807, 2.05) is 37.3 Å². The number of para-hydroxylation sites is 1. The van der Waals surface area contributed by atoms with E-state index >= 15 is 0 Å². The topological polar surface area (TPSA) is 88.4 Å². The molecule has 0 radical (unpaired) electrons. The van der Waals surface area contributed by atoms with E-state index in [4.69, 9.17) is 4.42 Å². The highest BCUT2D eigenvalue weighted by atomic mass is 16.3. The lowest BCUT2D eigenvalue weighted by Crippen LogP contribution is -2.31. The number of nitrogens with one attached hydrogen (secondary N) is 2. The Bertz CT molecular complexity index is 1090. The average Bonchev–Trinajstić information content (AvgIpc) is 2.74. The first-order chi connectivity index (χ1) is 14.0. The van der Waals surface area contributed by atoms with Crippen molar-refractivity contribution in [2.45, 2.75) is 26.7 Å². The summed E-state index contributed by atoms with van der Waals surface area (Å²) in [7, 11) is 0. The predicted molar refractivity (Wildman–Crippen MR) is 113 cm³/mol. The fourth-order valence-electron chi connectivity index (χ4n) is 3.09. The summed E-state index contributed by atoms with van der Waals surface area (Å²) in [5, 5.41) is 5.85. The van der Waals surface area contributed by atoms with Gasteiger partial charge in [0.1, 0.15) is 5.76 Å². The molecule has 2 aromatic carbocycles. The second kappa shape index (κ2) is 9.19. The van der Waals surface area contributed by atoms with Gasteiger partial charge in [0.2, 0.25) is 5.91 Å². The third-order valence-corrected chi connectivity index (χ3v) is 4.64. The second-order valence-corrected chi connectivity index (χ2v) is 6.79. The van der Waals surface area contributed by atoms with Gasteiger partial charge in [0.25, 0.3) is 5.91 Å². The SMILES string of the molecule is CCCNC(=O)CCNC(=O)c1cccc2c(=O)c(C)c(-c3ccccc3)oc12. The monoisotopic (exact) mass is 392 g/mol. The fourth-order valence-corrected chi connectivity index (χ4v) is 3.09. The Labute approximate surface area is 168 Å². The van der Waals surface area contributed by atoms with Crippen molar-refractivity contribution in [3.63, 3.8) is 0 Å². The molecule has 2 N–H and O–H groups in total. The number of fused-ring (bicyclic) bond motifs is 1. The standard InChI is InChI=1S/C23H24N2O4/c1-3-13-24-19(26)12-14-25-23(28)18-11-7-10-17-20(27)15(2)21(29-22(17)18)16-8-5-4-6-9-16/h4-11H,3,12-14H2,1-2H3,(H,24,26)(H,25,28). The van der Waals surface area contributed by atoms with Gasteiger partial charge in [-0.05, 0) is 25.5 Å². The maximum absolute atomic E-state index is 12.9. The minimum Gasteiger partial charge on any atom is -0.455 e. The quantitative estimate of drug-likeness (QED) is 0.645. The van der Waals surface area contributed by atoms with E-state index < -0.39 is 0 Å². The molecule has 0 saturated heterocycles. The summed E-state index contributed by atoms with van der Waals surface area (Å²) in [5.41, 5.74) is 1.61. The number of benzene rings is 2. The van der Waals surface area contributed by atoms with Crippen molar-refractivity contribution in [2.75, 3.05) is 13.1 Å². The Hall–Kier alpha value is -3.41. The van der Waals surface area contributed by atoms with Crippen LogP contribution in [0.5, 0.6) is 0 Å². The van der Waals surface area contributed by atoms with Crippen molar-refractivity contribution in [1.29, 1.82) is 0 Å². The van der Waals surface area contributed by atoms with Crippen molar-refractivity contribution in [3.05, 3.63) is 69.9 Å². The molecular weight excluding hydrogens is 368 g/mol. The van der Waals surface area contributed by atoms with Gasteiger partial charge >= 0.3 is 0 Å². The fraction of sp³-hybridized carbons (Fsp3) is 0.261. The zero-order valence-electron chi connectivity index (χ0n) is 16.6. The zero-order valence-corrected chi connectivity index (χ0v) is 16.6. The van der Waals surface area contributed by atoms with Crippen molar-refractivity contribution in [1.82, 2.24) is 10.6 Å². The van der Waals surface area contributed by atoms with Crippen LogP contribution in [0.2, 0.25) is 0 Å². The lowest BCUT2D eigenvalue weighted by Gasteiger charge is -2.11. The summed E-state index contributed by atoms with van der Waals surface area (Å²) in [6.45, 7) is 4.51. The van der Waals surface area contributed by atoms with E-state index in [0.29, 0.717) is 23.3 Å². The van der Waals surface area contributed by atoms with Crippen LogP contribution in [-0.4, -0.2) is 24.9 Å². The molecule has 0 atom stereocenters. The minimum absolute atomic E-state index is 0.112. The third kappa shape index (κ3) is 4.54. The van der Waals surface area contributed by atoms with Crippen LogP contribution in [0.15, 0.2) is 57.7 Å². The number of carbonyl (C=O) groups is 2. The van der Waals surface area contributed by atoms with Crippen LogP contribution in [-0.2, 0) is 4.79 Å². The van der Waals surface area contributed by atoms with Crippen LogP contribution in [0.4, 0.5) is 0 Å². The van der Waals surface area contributed by atoms with Gasteiger partial charge in [0.15, 0.2) is 11.0 Å². The first-order valence-corrected chi connectivity index (χ1v) is 9.69. The number of hydrogen-bond donors (Lipinski definition) is 2. The average molecular weight is 392 g/mol. The van der Waals surface area contributed by atoms with Gasteiger partial charge in [-0.3, -0.25) is 14.4 Å². The predicted octanol–water partition coefficient (Wildman–Crippen LogP) is 3.41. The second-order valence-electron chi connectivity index (χ2n) is 6.79. The molecule has 6 heteroatoms. The van der Waals surface area contributed by atoms with E-state index in [2.05, 4.69) is 10.6 Å². The highest BCUT2D eigenvalue weighted by molar-refractivity contribution is 6.05. The molecule has 3 aromatic rings. The molecule has 3 rings (SSSR count). The molecule has 29 heavy (non-hydrogen) atoms. The Morgan fingerprint density at radius 3 is 2.45 bits per heavy atom. The molecule has 0 aliphatic heterocycles. The minimum atomic E-state index is -0.384. The molecule has 0 fully saturated rings. The van der Waals surface area contributed by atoms with E-state index in [1.165, 1.54) is 0 Å². The normalized spacial score (nSPS) is 10.7. The van der Waals surface area contributed by atoms with Gasteiger partial charge in [0.05, 0.1) is 10.9 Å².